The van der Waals surface area contributed by atoms with Gasteiger partial charge in [-0.3, -0.25) is 4.79 Å². The Hall–Kier alpha value is -1.26. The first-order valence-electron chi connectivity index (χ1n) is 7.36. The van der Waals surface area contributed by atoms with Crippen molar-refractivity contribution in [3.8, 4) is 0 Å². The van der Waals surface area contributed by atoms with Crippen molar-refractivity contribution in [2.75, 3.05) is 7.11 Å². The van der Waals surface area contributed by atoms with Gasteiger partial charge in [0.05, 0.1) is 7.11 Å². The number of amides is 1. The van der Waals surface area contributed by atoms with Crippen LogP contribution in [0.15, 0.2) is 0 Å². The maximum atomic E-state index is 11.7. The highest BCUT2D eigenvalue weighted by molar-refractivity contribution is 5.69. The molecule has 1 N–H and O–H groups in total. The number of esters is 1. The molecule has 0 spiro atoms. The van der Waals surface area contributed by atoms with Gasteiger partial charge in [-0.25, -0.2) is 4.79 Å². The molecule has 1 aliphatic carbocycles. The van der Waals surface area contributed by atoms with Gasteiger partial charge >= 0.3 is 12.1 Å². The van der Waals surface area contributed by atoms with E-state index in [4.69, 9.17) is 4.74 Å². The van der Waals surface area contributed by atoms with Crippen molar-refractivity contribution in [3.63, 3.8) is 0 Å². The fraction of sp³-hybridized carbons (Fsp3) is 0.867. The van der Waals surface area contributed by atoms with E-state index >= 15 is 0 Å². The van der Waals surface area contributed by atoms with Crippen molar-refractivity contribution >= 4 is 12.1 Å². The number of methoxy groups -OCH3 is 1. The molecule has 0 aromatic heterocycles. The molecule has 5 nitrogen and oxygen atoms in total. The number of ether oxygens (including phenoxy) is 2. The second-order valence-electron chi connectivity index (χ2n) is 6.49. The molecule has 1 amide bonds. The van der Waals surface area contributed by atoms with Crippen LogP contribution in [0.3, 0.4) is 0 Å². The summed E-state index contributed by atoms with van der Waals surface area (Å²) in [4.78, 5) is 22.9. The predicted octanol–water partition coefficient (Wildman–Crippen LogP) is 3.02. The smallest absolute Gasteiger partial charge is 0.407 e. The molecule has 1 saturated carbocycles. The van der Waals surface area contributed by atoms with Gasteiger partial charge in [0, 0.05) is 12.5 Å². The number of alkyl carbamates (subject to hydrolysis) is 1. The number of carbonyl (C=O) groups excluding carboxylic acids is 2. The summed E-state index contributed by atoms with van der Waals surface area (Å²) in [5, 5.41) is 2.93. The SMILES string of the molecule is COC(=O)CC[C@H]1CCC[C@H](NC(=O)OC(C)(C)C)C1. The van der Waals surface area contributed by atoms with Crippen LogP contribution in [0, 0.1) is 5.92 Å². The van der Waals surface area contributed by atoms with E-state index in [-0.39, 0.29) is 18.1 Å². The Morgan fingerprint density at radius 3 is 2.55 bits per heavy atom. The number of nitrogens with one attached hydrogen (secondary N) is 1. The van der Waals surface area contributed by atoms with Crippen molar-refractivity contribution in [2.24, 2.45) is 5.92 Å². The number of hydrogen-bond acceptors (Lipinski definition) is 4. The van der Waals surface area contributed by atoms with E-state index < -0.39 is 5.60 Å². The van der Waals surface area contributed by atoms with Crippen molar-refractivity contribution in [1.29, 1.82) is 0 Å². The first-order valence-corrected chi connectivity index (χ1v) is 7.36. The van der Waals surface area contributed by atoms with Crippen LogP contribution in [0.1, 0.15) is 59.3 Å². The number of hydrogen-bond donors (Lipinski definition) is 1. The van der Waals surface area contributed by atoms with Crippen LogP contribution in [0.5, 0.6) is 0 Å². The molecule has 1 fully saturated rings. The van der Waals surface area contributed by atoms with E-state index in [0.29, 0.717) is 12.3 Å². The molecule has 0 aromatic carbocycles. The summed E-state index contributed by atoms with van der Waals surface area (Å²) >= 11 is 0. The van der Waals surface area contributed by atoms with Crippen LogP contribution < -0.4 is 5.32 Å². The zero-order valence-corrected chi connectivity index (χ0v) is 13.0. The van der Waals surface area contributed by atoms with E-state index in [2.05, 4.69) is 10.1 Å². The normalized spacial score (nSPS) is 23.0. The van der Waals surface area contributed by atoms with Gasteiger partial charge in [0.25, 0.3) is 0 Å². The molecule has 0 unspecified atom stereocenters. The van der Waals surface area contributed by atoms with Crippen LogP contribution in [-0.4, -0.2) is 30.8 Å². The molecule has 0 bridgehead atoms. The Balaban J connectivity index is 2.33. The third-order valence-electron chi connectivity index (χ3n) is 3.49. The lowest BCUT2D eigenvalue weighted by Crippen LogP contribution is -2.41. The molecule has 116 valence electrons. The lowest BCUT2D eigenvalue weighted by atomic mass is 9.83. The molecule has 2 atom stereocenters. The van der Waals surface area contributed by atoms with Gasteiger partial charge in [0.15, 0.2) is 0 Å². The lowest BCUT2D eigenvalue weighted by Gasteiger charge is -2.30. The Morgan fingerprint density at radius 1 is 1.25 bits per heavy atom. The van der Waals surface area contributed by atoms with Gasteiger partial charge in [0.2, 0.25) is 0 Å². The summed E-state index contributed by atoms with van der Waals surface area (Å²) in [6.45, 7) is 5.56. The maximum Gasteiger partial charge on any atom is 0.407 e. The maximum absolute atomic E-state index is 11.7. The van der Waals surface area contributed by atoms with Crippen LogP contribution in [0.4, 0.5) is 4.79 Å². The molecule has 1 rings (SSSR count). The van der Waals surface area contributed by atoms with Gasteiger partial charge < -0.3 is 14.8 Å². The summed E-state index contributed by atoms with van der Waals surface area (Å²) in [5.41, 5.74) is -0.469. The lowest BCUT2D eigenvalue weighted by molar-refractivity contribution is -0.141. The topological polar surface area (TPSA) is 64.6 Å². The van der Waals surface area contributed by atoms with Gasteiger partial charge in [-0.05, 0) is 46.0 Å². The molecular formula is C15H27NO4. The highest BCUT2D eigenvalue weighted by atomic mass is 16.6. The first-order chi connectivity index (χ1) is 9.30. The first kappa shape index (κ1) is 16.8. The van der Waals surface area contributed by atoms with E-state index in [1.807, 2.05) is 20.8 Å². The minimum Gasteiger partial charge on any atom is -0.469 e. The Bertz CT molecular complexity index is 335. The molecule has 0 radical (unpaired) electrons. The Morgan fingerprint density at radius 2 is 1.95 bits per heavy atom. The highest BCUT2D eigenvalue weighted by Gasteiger charge is 2.25. The molecule has 1 aliphatic rings. The minimum absolute atomic E-state index is 0.154. The zero-order chi connectivity index (χ0) is 15.2. The van der Waals surface area contributed by atoms with Crippen LogP contribution in [-0.2, 0) is 14.3 Å². The van der Waals surface area contributed by atoms with E-state index in [1.54, 1.807) is 0 Å². The van der Waals surface area contributed by atoms with Crippen molar-refractivity contribution in [3.05, 3.63) is 0 Å². The Labute approximate surface area is 121 Å². The predicted molar refractivity (Wildman–Crippen MR) is 76.4 cm³/mol. The average molecular weight is 285 g/mol. The molecule has 20 heavy (non-hydrogen) atoms. The van der Waals surface area contributed by atoms with E-state index in [0.717, 1.165) is 32.1 Å². The van der Waals surface area contributed by atoms with Crippen LogP contribution in [0.25, 0.3) is 0 Å². The number of rotatable bonds is 4. The second kappa shape index (κ2) is 7.50. The molecule has 0 saturated heterocycles. The standard InChI is InChI=1S/C15H27NO4/c1-15(2,3)20-14(18)16-12-7-5-6-11(10-12)8-9-13(17)19-4/h11-12H,5-10H2,1-4H3,(H,16,18)/t11-,12+/m1/s1. The van der Waals surface area contributed by atoms with E-state index in [9.17, 15) is 9.59 Å². The number of carbonyl (C=O) groups is 2. The van der Waals surface area contributed by atoms with Gasteiger partial charge in [-0.15, -0.1) is 0 Å². The van der Waals surface area contributed by atoms with Gasteiger partial charge in [0.1, 0.15) is 5.60 Å². The highest BCUT2D eigenvalue weighted by Crippen LogP contribution is 2.28. The molecule has 0 aromatic rings. The van der Waals surface area contributed by atoms with Crippen molar-refractivity contribution in [2.45, 2.75) is 70.9 Å². The quantitative estimate of drug-likeness (QED) is 0.806. The Kier molecular flexibility index (Phi) is 6.30. The zero-order valence-electron chi connectivity index (χ0n) is 13.0. The van der Waals surface area contributed by atoms with Crippen molar-refractivity contribution < 1.29 is 19.1 Å². The average Bonchev–Trinajstić information content (AvgIpc) is 2.34. The third kappa shape index (κ3) is 6.78. The second-order valence-corrected chi connectivity index (χ2v) is 6.49. The summed E-state index contributed by atoms with van der Waals surface area (Å²) in [6.07, 6.45) is 5.02. The van der Waals surface area contributed by atoms with E-state index in [1.165, 1.54) is 7.11 Å². The van der Waals surface area contributed by atoms with Crippen LogP contribution in [0.2, 0.25) is 0 Å². The largest absolute Gasteiger partial charge is 0.469 e. The minimum atomic E-state index is -0.469. The molecule has 0 aliphatic heterocycles. The summed E-state index contributed by atoms with van der Waals surface area (Å²) < 4.78 is 9.93. The fourth-order valence-corrected chi connectivity index (χ4v) is 2.58. The monoisotopic (exact) mass is 285 g/mol. The molecule has 5 heteroatoms. The summed E-state index contributed by atoms with van der Waals surface area (Å²) in [7, 11) is 1.41. The summed E-state index contributed by atoms with van der Waals surface area (Å²) in [5.74, 6) is 0.315. The van der Waals surface area contributed by atoms with Gasteiger partial charge in [-0.2, -0.15) is 0 Å². The van der Waals surface area contributed by atoms with Crippen LogP contribution >= 0.6 is 0 Å². The third-order valence-corrected chi connectivity index (χ3v) is 3.49. The molecule has 0 heterocycles. The molecular weight excluding hydrogens is 258 g/mol. The van der Waals surface area contributed by atoms with Crippen molar-refractivity contribution in [1.82, 2.24) is 5.32 Å². The summed E-state index contributed by atoms with van der Waals surface area (Å²) in [6, 6.07) is 0.154. The van der Waals surface area contributed by atoms with Gasteiger partial charge in [-0.1, -0.05) is 12.8 Å². The fourth-order valence-electron chi connectivity index (χ4n) is 2.58.